The SMILES string of the molecule is CC(=O)C(C)NC(=O)c1ccc(/C(F)=C/C(c2ccc(C(F)(F)F)c(Br)c2)C(F)(F)F)cc1C(F)(F)F. The summed E-state index contributed by atoms with van der Waals surface area (Å²) < 4.78 is 135. The monoisotopic (exact) mass is 607 g/mol. The van der Waals surface area contributed by atoms with Crippen molar-refractivity contribution in [3.63, 3.8) is 0 Å². The van der Waals surface area contributed by atoms with E-state index >= 15 is 0 Å². The normalized spacial score (nSPS) is 14.8. The molecule has 2 aromatic carbocycles. The van der Waals surface area contributed by atoms with Crippen molar-refractivity contribution >= 4 is 33.4 Å². The van der Waals surface area contributed by atoms with E-state index in [9.17, 15) is 53.5 Å². The molecule has 14 heteroatoms. The van der Waals surface area contributed by atoms with E-state index in [1.165, 1.54) is 6.92 Å². The van der Waals surface area contributed by atoms with Gasteiger partial charge in [-0.25, -0.2) is 4.39 Å². The van der Waals surface area contributed by atoms with Crippen molar-refractivity contribution in [2.24, 2.45) is 0 Å². The number of Topliss-reactive ketones (excluding diaryl/α,β-unsaturated/α-hetero) is 1. The lowest BCUT2D eigenvalue weighted by atomic mass is 9.94. The minimum atomic E-state index is -5.23. The molecule has 0 saturated heterocycles. The molecule has 0 bridgehead atoms. The van der Waals surface area contributed by atoms with Gasteiger partial charge in [0.15, 0.2) is 5.78 Å². The third kappa shape index (κ3) is 7.55. The van der Waals surface area contributed by atoms with E-state index in [4.69, 9.17) is 0 Å². The van der Waals surface area contributed by atoms with Crippen LogP contribution in [0, 0.1) is 0 Å². The van der Waals surface area contributed by atoms with Gasteiger partial charge in [-0.15, -0.1) is 0 Å². The van der Waals surface area contributed by atoms with Crippen LogP contribution < -0.4 is 5.32 Å². The third-order valence-corrected chi connectivity index (χ3v) is 5.78. The highest BCUT2D eigenvalue weighted by Gasteiger charge is 2.42. The summed E-state index contributed by atoms with van der Waals surface area (Å²) in [6, 6.07) is 1.43. The summed E-state index contributed by atoms with van der Waals surface area (Å²) in [5.41, 5.74) is -5.75. The highest BCUT2D eigenvalue weighted by Crippen LogP contribution is 2.42. The standard InChI is InChI=1S/C23H16BrF10NO2/c1-10(11(2)36)35-20(37)14-5-3-13(7-17(14)23(32,33)34)19(25)9-16(22(29,30)31)12-4-6-15(18(24)8-12)21(26,27)28/h3-10,16H,1-2H3,(H,35,37)/b19-9-. The summed E-state index contributed by atoms with van der Waals surface area (Å²) in [4.78, 5) is 23.5. The number of amides is 1. The maximum absolute atomic E-state index is 14.8. The minimum absolute atomic E-state index is 0.0813. The topological polar surface area (TPSA) is 46.2 Å². The Morgan fingerprint density at radius 1 is 0.892 bits per heavy atom. The van der Waals surface area contributed by atoms with Crippen molar-refractivity contribution in [2.45, 2.75) is 44.3 Å². The number of benzene rings is 2. The van der Waals surface area contributed by atoms with Gasteiger partial charge in [0.2, 0.25) is 0 Å². The molecular weight excluding hydrogens is 592 g/mol. The first-order chi connectivity index (χ1) is 16.7. The van der Waals surface area contributed by atoms with Crippen LogP contribution in [0.3, 0.4) is 0 Å². The van der Waals surface area contributed by atoms with Crippen molar-refractivity contribution < 1.29 is 53.5 Å². The number of nitrogens with one attached hydrogen (secondary N) is 1. The summed E-state index contributed by atoms with van der Waals surface area (Å²) >= 11 is 2.52. The Labute approximate surface area is 211 Å². The predicted octanol–water partition coefficient (Wildman–Crippen LogP) is 7.85. The molecule has 0 aromatic heterocycles. The molecule has 37 heavy (non-hydrogen) atoms. The van der Waals surface area contributed by atoms with Crippen molar-refractivity contribution in [1.82, 2.24) is 5.32 Å². The Bertz CT molecular complexity index is 1220. The second-order valence-electron chi connectivity index (χ2n) is 7.83. The molecule has 0 aliphatic carbocycles. The van der Waals surface area contributed by atoms with Crippen LogP contribution in [0.15, 0.2) is 46.9 Å². The van der Waals surface area contributed by atoms with Gasteiger partial charge < -0.3 is 5.32 Å². The van der Waals surface area contributed by atoms with E-state index in [1.807, 2.05) is 5.32 Å². The fourth-order valence-corrected chi connectivity index (χ4v) is 3.70. The number of alkyl halides is 9. The number of hydrogen-bond acceptors (Lipinski definition) is 2. The average Bonchev–Trinajstić information content (AvgIpc) is 2.74. The van der Waals surface area contributed by atoms with Crippen molar-refractivity contribution in [1.29, 1.82) is 0 Å². The Morgan fingerprint density at radius 3 is 1.92 bits per heavy atom. The number of hydrogen-bond donors (Lipinski definition) is 1. The molecule has 2 unspecified atom stereocenters. The first-order valence-corrected chi connectivity index (χ1v) is 10.9. The van der Waals surface area contributed by atoms with E-state index < -0.39 is 80.3 Å². The van der Waals surface area contributed by atoms with E-state index in [-0.39, 0.29) is 12.1 Å². The number of allylic oxidation sites excluding steroid dienone is 1. The molecule has 1 amide bonds. The Hall–Kier alpha value is -2.90. The quantitative estimate of drug-likeness (QED) is 0.340. The lowest BCUT2D eigenvalue weighted by Gasteiger charge is -2.20. The molecule has 0 aliphatic heterocycles. The van der Waals surface area contributed by atoms with Gasteiger partial charge in [-0.3, -0.25) is 9.59 Å². The predicted molar refractivity (Wildman–Crippen MR) is 116 cm³/mol. The molecule has 2 rings (SSSR count). The molecule has 3 nitrogen and oxygen atoms in total. The second kappa shape index (κ2) is 10.8. The van der Waals surface area contributed by atoms with E-state index in [0.29, 0.717) is 30.3 Å². The molecular formula is C23H16BrF10NO2. The van der Waals surface area contributed by atoms with Gasteiger partial charge in [0.05, 0.1) is 22.7 Å². The van der Waals surface area contributed by atoms with Gasteiger partial charge in [0.25, 0.3) is 5.91 Å². The van der Waals surface area contributed by atoms with Crippen LogP contribution in [0.2, 0.25) is 0 Å². The van der Waals surface area contributed by atoms with Crippen LogP contribution in [-0.2, 0) is 17.1 Å². The van der Waals surface area contributed by atoms with Crippen LogP contribution in [0.5, 0.6) is 0 Å². The van der Waals surface area contributed by atoms with E-state index in [0.717, 1.165) is 6.92 Å². The summed E-state index contributed by atoms with van der Waals surface area (Å²) in [5, 5.41) is 2.02. The van der Waals surface area contributed by atoms with Crippen LogP contribution in [0.4, 0.5) is 43.9 Å². The van der Waals surface area contributed by atoms with Crippen molar-refractivity contribution in [3.8, 4) is 0 Å². The zero-order valence-corrected chi connectivity index (χ0v) is 20.3. The average molecular weight is 608 g/mol. The van der Waals surface area contributed by atoms with E-state index in [1.54, 1.807) is 0 Å². The van der Waals surface area contributed by atoms with E-state index in [2.05, 4.69) is 15.9 Å². The lowest BCUT2D eigenvalue weighted by molar-refractivity contribution is -0.140. The summed E-state index contributed by atoms with van der Waals surface area (Å²) in [6.07, 6.45) is -15.4. The number of halogens is 11. The number of carbonyl (C=O) groups is 2. The highest BCUT2D eigenvalue weighted by atomic mass is 79.9. The maximum Gasteiger partial charge on any atom is 0.417 e. The zero-order chi connectivity index (χ0) is 28.5. The fraction of sp³-hybridized carbons (Fsp3) is 0.304. The van der Waals surface area contributed by atoms with Gasteiger partial charge in [-0.2, -0.15) is 39.5 Å². The Balaban J connectivity index is 2.57. The molecule has 0 saturated carbocycles. The second-order valence-corrected chi connectivity index (χ2v) is 8.69. The molecule has 0 radical (unpaired) electrons. The third-order valence-electron chi connectivity index (χ3n) is 5.13. The number of carbonyl (C=O) groups excluding carboxylic acids is 2. The fourth-order valence-electron chi connectivity index (χ4n) is 3.08. The van der Waals surface area contributed by atoms with Crippen LogP contribution >= 0.6 is 15.9 Å². The molecule has 1 N–H and O–H groups in total. The molecule has 0 spiro atoms. The summed E-state index contributed by atoms with van der Waals surface area (Å²) in [7, 11) is 0. The molecule has 0 heterocycles. The lowest BCUT2D eigenvalue weighted by Crippen LogP contribution is -2.38. The van der Waals surface area contributed by atoms with Gasteiger partial charge >= 0.3 is 18.5 Å². The van der Waals surface area contributed by atoms with Crippen LogP contribution in [-0.4, -0.2) is 23.9 Å². The van der Waals surface area contributed by atoms with Crippen molar-refractivity contribution in [2.75, 3.05) is 0 Å². The Morgan fingerprint density at radius 2 is 1.46 bits per heavy atom. The van der Waals surface area contributed by atoms with Gasteiger partial charge in [0.1, 0.15) is 11.7 Å². The van der Waals surface area contributed by atoms with Gasteiger partial charge in [-0.05, 0) is 49.8 Å². The highest BCUT2D eigenvalue weighted by molar-refractivity contribution is 9.10. The smallest absolute Gasteiger partial charge is 0.343 e. The first kappa shape index (κ1) is 30.3. The minimum Gasteiger partial charge on any atom is -0.343 e. The van der Waals surface area contributed by atoms with Crippen LogP contribution in [0.1, 0.15) is 52.4 Å². The molecule has 0 fully saturated rings. The first-order valence-electron chi connectivity index (χ1n) is 10.1. The number of ketones is 1. The van der Waals surface area contributed by atoms with Crippen LogP contribution in [0.25, 0.3) is 5.83 Å². The van der Waals surface area contributed by atoms with Gasteiger partial charge in [-0.1, -0.05) is 28.1 Å². The zero-order valence-electron chi connectivity index (χ0n) is 18.7. The summed E-state index contributed by atoms with van der Waals surface area (Å²) in [5.74, 6) is -6.48. The molecule has 0 aliphatic rings. The van der Waals surface area contributed by atoms with Crippen molar-refractivity contribution in [3.05, 3.63) is 74.8 Å². The molecule has 202 valence electrons. The molecule has 2 aromatic rings. The Kier molecular flexibility index (Phi) is 8.88. The largest absolute Gasteiger partial charge is 0.417 e. The maximum atomic E-state index is 14.8. The van der Waals surface area contributed by atoms with Gasteiger partial charge in [0, 0.05) is 10.0 Å². The number of rotatable bonds is 6. The molecule has 2 atom stereocenters. The summed E-state index contributed by atoms with van der Waals surface area (Å²) in [6.45, 7) is 2.28.